The van der Waals surface area contributed by atoms with Crippen molar-refractivity contribution in [2.24, 2.45) is 5.92 Å². The summed E-state index contributed by atoms with van der Waals surface area (Å²) in [7, 11) is 0. The fourth-order valence-electron chi connectivity index (χ4n) is 2.49. The van der Waals surface area contributed by atoms with Crippen LogP contribution in [0.1, 0.15) is 32.8 Å². The number of hydrogen-bond donors (Lipinski definition) is 1. The second-order valence-corrected chi connectivity index (χ2v) is 6.03. The number of benzene rings is 1. The van der Waals surface area contributed by atoms with Crippen LogP contribution in [-0.2, 0) is 13.1 Å². The molecule has 0 amide bonds. The third-order valence-corrected chi connectivity index (χ3v) is 3.82. The summed E-state index contributed by atoms with van der Waals surface area (Å²) in [5.41, 5.74) is 3.07. The summed E-state index contributed by atoms with van der Waals surface area (Å²) in [4.78, 5) is 12.8. The van der Waals surface area contributed by atoms with E-state index < -0.39 is 0 Å². The van der Waals surface area contributed by atoms with Crippen LogP contribution >= 0.6 is 0 Å². The maximum atomic E-state index is 12.8. The Kier molecular flexibility index (Phi) is 5.96. The summed E-state index contributed by atoms with van der Waals surface area (Å²) in [6.07, 6.45) is 1.00. The first-order valence-corrected chi connectivity index (χ1v) is 8.12. The van der Waals surface area contributed by atoms with Crippen molar-refractivity contribution in [2.45, 2.75) is 40.3 Å². The zero-order valence-electron chi connectivity index (χ0n) is 13.8. The van der Waals surface area contributed by atoms with Crippen molar-refractivity contribution >= 4 is 0 Å². The van der Waals surface area contributed by atoms with Crippen LogP contribution in [-0.4, -0.2) is 11.1 Å². The Labute approximate surface area is 133 Å². The monoisotopic (exact) mass is 298 g/mol. The molecule has 0 saturated heterocycles. The summed E-state index contributed by atoms with van der Waals surface area (Å²) < 4.78 is 1.93. The van der Waals surface area contributed by atoms with Gasteiger partial charge in [-0.25, -0.2) is 0 Å². The zero-order valence-corrected chi connectivity index (χ0v) is 13.8. The normalized spacial score (nSPS) is 11.1. The maximum absolute atomic E-state index is 12.8. The summed E-state index contributed by atoms with van der Waals surface area (Å²) >= 11 is 0. The molecule has 3 heteroatoms. The van der Waals surface area contributed by atoms with Gasteiger partial charge in [-0.2, -0.15) is 0 Å². The first kappa shape index (κ1) is 16.5. The Hall–Kier alpha value is -1.87. The first-order valence-electron chi connectivity index (χ1n) is 8.12. The Morgan fingerprint density at radius 3 is 2.45 bits per heavy atom. The molecule has 0 atom stereocenters. The molecule has 0 aliphatic carbocycles. The number of aromatic nitrogens is 1. The number of nitrogens with zero attached hydrogens (tertiary/aromatic N) is 1. The average Bonchev–Trinajstić information content (AvgIpc) is 2.53. The number of pyridine rings is 1. The van der Waals surface area contributed by atoms with Crippen LogP contribution in [0.5, 0.6) is 0 Å². The lowest BCUT2D eigenvalue weighted by Crippen LogP contribution is -2.28. The molecule has 3 nitrogen and oxygen atoms in total. The van der Waals surface area contributed by atoms with Gasteiger partial charge in [-0.05, 0) is 30.5 Å². The topological polar surface area (TPSA) is 34.0 Å². The molecule has 0 spiro atoms. The van der Waals surface area contributed by atoms with E-state index in [1.165, 1.54) is 0 Å². The largest absolute Gasteiger partial charge is 0.313 e. The second-order valence-electron chi connectivity index (χ2n) is 6.03. The lowest BCUT2D eigenvalue weighted by atomic mass is 10.1. The summed E-state index contributed by atoms with van der Waals surface area (Å²) in [5, 5.41) is 3.24. The Bertz CT molecular complexity index is 644. The highest BCUT2D eigenvalue weighted by Gasteiger charge is 2.10. The van der Waals surface area contributed by atoms with Crippen molar-refractivity contribution in [1.82, 2.24) is 9.88 Å². The van der Waals surface area contributed by atoms with Crippen LogP contribution in [0, 0.1) is 5.92 Å². The molecule has 1 N–H and O–H groups in total. The van der Waals surface area contributed by atoms with Gasteiger partial charge < -0.3 is 9.88 Å². The standard InChI is InChI=1S/C19H26N2O/c1-4-20-14-17-10-11-18(16-8-6-5-7-9-16)21(19(17)22)13-12-15(2)3/h5-11,15,20H,4,12-14H2,1-3H3. The predicted molar refractivity (Wildman–Crippen MR) is 93.0 cm³/mol. The smallest absolute Gasteiger partial charge is 0.255 e. The third kappa shape index (κ3) is 4.08. The van der Waals surface area contributed by atoms with E-state index in [0.29, 0.717) is 12.5 Å². The molecule has 1 aromatic carbocycles. The molecule has 0 radical (unpaired) electrons. The van der Waals surface area contributed by atoms with Crippen LogP contribution in [0.15, 0.2) is 47.3 Å². The quantitative estimate of drug-likeness (QED) is 0.846. The highest BCUT2D eigenvalue weighted by Crippen LogP contribution is 2.19. The van der Waals surface area contributed by atoms with E-state index in [1.54, 1.807) is 0 Å². The van der Waals surface area contributed by atoms with Gasteiger partial charge in [0.2, 0.25) is 0 Å². The van der Waals surface area contributed by atoms with Crippen molar-refractivity contribution in [1.29, 1.82) is 0 Å². The minimum Gasteiger partial charge on any atom is -0.313 e. The maximum Gasteiger partial charge on any atom is 0.255 e. The van der Waals surface area contributed by atoms with Gasteiger partial charge in [0.25, 0.3) is 5.56 Å². The number of hydrogen-bond acceptors (Lipinski definition) is 2. The molecule has 0 saturated carbocycles. The van der Waals surface area contributed by atoms with Gasteiger partial charge in [-0.1, -0.05) is 57.2 Å². The lowest BCUT2D eigenvalue weighted by Gasteiger charge is -2.16. The van der Waals surface area contributed by atoms with Gasteiger partial charge in [-0.15, -0.1) is 0 Å². The fraction of sp³-hybridized carbons (Fsp3) is 0.421. The number of nitrogens with one attached hydrogen (secondary N) is 1. The van der Waals surface area contributed by atoms with Crippen LogP contribution in [0.25, 0.3) is 11.3 Å². The molecule has 0 unspecified atom stereocenters. The fourth-order valence-corrected chi connectivity index (χ4v) is 2.49. The van der Waals surface area contributed by atoms with Crippen molar-refractivity contribution in [3.8, 4) is 11.3 Å². The molecule has 2 rings (SSSR count). The molecule has 0 bridgehead atoms. The number of rotatable bonds is 7. The minimum absolute atomic E-state index is 0.128. The highest BCUT2D eigenvalue weighted by atomic mass is 16.1. The molecule has 118 valence electrons. The van der Waals surface area contributed by atoms with Crippen molar-refractivity contribution in [3.63, 3.8) is 0 Å². The molecule has 0 aliphatic heterocycles. The Morgan fingerprint density at radius 2 is 1.82 bits per heavy atom. The molecule has 1 aromatic heterocycles. The summed E-state index contributed by atoms with van der Waals surface area (Å²) in [5.74, 6) is 0.577. The highest BCUT2D eigenvalue weighted by molar-refractivity contribution is 5.59. The second kappa shape index (κ2) is 7.95. The molecule has 0 fully saturated rings. The van der Waals surface area contributed by atoms with Crippen LogP contribution < -0.4 is 10.9 Å². The zero-order chi connectivity index (χ0) is 15.9. The van der Waals surface area contributed by atoms with E-state index in [-0.39, 0.29) is 5.56 Å². The van der Waals surface area contributed by atoms with E-state index >= 15 is 0 Å². The Balaban J connectivity index is 2.44. The Morgan fingerprint density at radius 1 is 1.09 bits per heavy atom. The van der Waals surface area contributed by atoms with E-state index in [2.05, 4.69) is 44.3 Å². The summed E-state index contributed by atoms with van der Waals surface area (Å²) in [6.45, 7) is 8.69. The van der Waals surface area contributed by atoms with Gasteiger partial charge in [0, 0.05) is 18.7 Å². The molecule has 22 heavy (non-hydrogen) atoms. The van der Waals surface area contributed by atoms with Gasteiger partial charge in [0.05, 0.1) is 5.69 Å². The van der Waals surface area contributed by atoms with Crippen molar-refractivity contribution < 1.29 is 0 Å². The van der Waals surface area contributed by atoms with Crippen molar-refractivity contribution in [3.05, 3.63) is 58.4 Å². The van der Waals surface area contributed by atoms with E-state index in [1.807, 2.05) is 28.8 Å². The van der Waals surface area contributed by atoms with Crippen molar-refractivity contribution in [2.75, 3.05) is 6.54 Å². The molecule has 1 heterocycles. The lowest BCUT2D eigenvalue weighted by molar-refractivity contribution is 0.508. The molecular formula is C19H26N2O. The van der Waals surface area contributed by atoms with Crippen LogP contribution in [0.3, 0.4) is 0 Å². The SMILES string of the molecule is CCNCc1ccc(-c2ccccc2)n(CCC(C)C)c1=O. The minimum atomic E-state index is 0.128. The van der Waals surface area contributed by atoms with E-state index in [0.717, 1.165) is 36.3 Å². The van der Waals surface area contributed by atoms with Crippen LogP contribution in [0.2, 0.25) is 0 Å². The van der Waals surface area contributed by atoms with Gasteiger partial charge in [0.15, 0.2) is 0 Å². The van der Waals surface area contributed by atoms with Gasteiger partial charge >= 0.3 is 0 Å². The first-order chi connectivity index (χ1) is 10.6. The van der Waals surface area contributed by atoms with Crippen LogP contribution in [0.4, 0.5) is 0 Å². The molecule has 2 aromatic rings. The molecule has 0 aliphatic rings. The average molecular weight is 298 g/mol. The van der Waals surface area contributed by atoms with Gasteiger partial charge in [-0.3, -0.25) is 4.79 Å². The van der Waals surface area contributed by atoms with Gasteiger partial charge in [0.1, 0.15) is 0 Å². The van der Waals surface area contributed by atoms with E-state index in [4.69, 9.17) is 0 Å². The van der Waals surface area contributed by atoms with E-state index in [9.17, 15) is 4.79 Å². The third-order valence-electron chi connectivity index (χ3n) is 3.82. The predicted octanol–water partition coefficient (Wildman–Crippen LogP) is 3.67. The summed E-state index contributed by atoms with van der Waals surface area (Å²) in [6, 6.07) is 14.2. The molecular weight excluding hydrogens is 272 g/mol.